The van der Waals surface area contributed by atoms with Crippen molar-refractivity contribution in [3.8, 4) is 0 Å². The number of thiol groups is 1. The molecular formula is C31H39N3O4S. The third kappa shape index (κ3) is 8.23. The average Bonchev–Trinajstić information content (AvgIpc) is 2.90. The van der Waals surface area contributed by atoms with Gasteiger partial charge in [0.25, 0.3) is 5.91 Å². The third-order valence-electron chi connectivity index (χ3n) is 6.20. The molecule has 0 aliphatic rings. The third-order valence-corrected chi connectivity index (χ3v) is 6.57. The Morgan fingerprint density at radius 3 is 2.21 bits per heavy atom. The van der Waals surface area contributed by atoms with Crippen molar-refractivity contribution >= 4 is 47.0 Å². The quantitative estimate of drug-likeness (QED) is 0.265. The predicted molar refractivity (Wildman–Crippen MR) is 160 cm³/mol. The van der Waals surface area contributed by atoms with Crippen molar-refractivity contribution in [3.05, 3.63) is 77.9 Å². The zero-order valence-electron chi connectivity index (χ0n) is 23.4. The Kier molecular flexibility index (Phi) is 10.4. The van der Waals surface area contributed by atoms with Crippen LogP contribution >= 0.6 is 12.6 Å². The molecule has 3 rings (SSSR count). The van der Waals surface area contributed by atoms with Gasteiger partial charge >= 0.3 is 6.09 Å². The molecule has 0 fully saturated rings. The first kappa shape index (κ1) is 30.0. The van der Waals surface area contributed by atoms with Crippen LogP contribution < -0.4 is 10.6 Å². The molecule has 3 amide bonds. The maximum atomic E-state index is 13.9. The minimum Gasteiger partial charge on any atom is -0.444 e. The van der Waals surface area contributed by atoms with Crippen LogP contribution in [-0.4, -0.2) is 46.7 Å². The van der Waals surface area contributed by atoms with Gasteiger partial charge in [-0.05, 0) is 67.6 Å². The summed E-state index contributed by atoms with van der Waals surface area (Å²) in [5.41, 5.74) is 1.72. The number of hydrogen-bond acceptors (Lipinski definition) is 5. The molecule has 39 heavy (non-hydrogen) atoms. The largest absolute Gasteiger partial charge is 0.444 e. The SMILES string of the molecule is CCCN(C(=O)C(CS)NC(=O)OC(C)(C)C)C(C(=O)Nc1ccc2ccccc2c1)c1ccc(CC)cc1. The predicted octanol–water partition coefficient (Wildman–Crippen LogP) is 6.14. The minimum atomic E-state index is -0.972. The molecule has 0 heterocycles. The summed E-state index contributed by atoms with van der Waals surface area (Å²) in [7, 11) is 0. The molecule has 0 aromatic heterocycles. The highest BCUT2D eigenvalue weighted by atomic mass is 32.1. The van der Waals surface area contributed by atoms with Crippen molar-refractivity contribution in [2.24, 2.45) is 0 Å². The molecular weight excluding hydrogens is 510 g/mol. The van der Waals surface area contributed by atoms with E-state index in [1.807, 2.05) is 73.7 Å². The maximum Gasteiger partial charge on any atom is 0.408 e. The standard InChI is InChI=1S/C31H39N3O4S/c1-6-18-34(29(36)26(20-39)33-30(37)38-31(3,4)5)27(23-14-12-21(7-2)13-15-23)28(35)32-25-17-16-22-10-8-9-11-24(22)19-25/h8-17,19,26-27,39H,6-7,18,20H2,1-5H3,(H,32,35)(H,33,37). The number of hydrogen-bond donors (Lipinski definition) is 3. The van der Waals surface area contributed by atoms with E-state index in [1.54, 1.807) is 20.8 Å². The molecule has 3 aromatic carbocycles. The number of nitrogens with one attached hydrogen (secondary N) is 2. The molecule has 0 spiro atoms. The summed E-state index contributed by atoms with van der Waals surface area (Å²) in [6.45, 7) is 9.56. The van der Waals surface area contributed by atoms with Crippen molar-refractivity contribution in [1.29, 1.82) is 0 Å². The second-order valence-electron chi connectivity index (χ2n) is 10.5. The number of ether oxygens (including phenoxy) is 1. The van der Waals surface area contributed by atoms with Crippen LogP contribution in [0.2, 0.25) is 0 Å². The molecule has 0 aliphatic heterocycles. The van der Waals surface area contributed by atoms with Crippen molar-refractivity contribution in [1.82, 2.24) is 10.2 Å². The highest BCUT2D eigenvalue weighted by Crippen LogP contribution is 2.27. The van der Waals surface area contributed by atoms with Crippen LogP contribution in [0.1, 0.15) is 58.2 Å². The van der Waals surface area contributed by atoms with E-state index in [-0.39, 0.29) is 11.7 Å². The van der Waals surface area contributed by atoms with Crippen LogP contribution in [-0.2, 0) is 20.7 Å². The Hall–Kier alpha value is -3.52. The Morgan fingerprint density at radius 1 is 0.949 bits per heavy atom. The first-order chi connectivity index (χ1) is 18.6. The lowest BCUT2D eigenvalue weighted by atomic mass is 10.00. The highest BCUT2D eigenvalue weighted by molar-refractivity contribution is 7.80. The van der Waals surface area contributed by atoms with E-state index in [9.17, 15) is 14.4 Å². The van der Waals surface area contributed by atoms with Crippen LogP contribution in [0.25, 0.3) is 10.8 Å². The summed E-state index contributed by atoms with van der Waals surface area (Å²) in [6, 6.07) is 19.4. The van der Waals surface area contributed by atoms with Crippen LogP contribution in [0.15, 0.2) is 66.7 Å². The fourth-order valence-electron chi connectivity index (χ4n) is 4.33. The first-order valence-electron chi connectivity index (χ1n) is 13.4. The maximum absolute atomic E-state index is 13.9. The van der Waals surface area contributed by atoms with E-state index in [1.165, 1.54) is 4.90 Å². The number of benzene rings is 3. The second-order valence-corrected chi connectivity index (χ2v) is 10.8. The highest BCUT2D eigenvalue weighted by Gasteiger charge is 2.35. The summed E-state index contributed by atoms with van der Waals surface area (Å²) in [4.78, 5) is 41.8. The van der Waals surface area contributed by atoms with E-state index in [0.717, 1.165) is 22.8 Å². The number of nitrogens with zero attached hydrogens (tertiary/aromatic N) is 1. The number of carbonyl (C=O) groups is 3. The first-order valence-corrected chi connectivity index (χ1v) is 14.0. The number of fused-ring (bicyclic) bond motifs is 1. The van der Waals surface area contributed by atoms with Gasteiger partial charge in [0.2, 0.25) is 5.91 Å². The van der Waals surface area contributed by atoms with Gasteiger partial charge in [-0.2, -0.15) is 12.6 Å². The van der Waals surface area contributed by atoms with E-state index in [2.05, 4.69) is 30.2 Å². The molecule has 0 saturated heterocycles. The van der Waals surface area contributed by atoms with Crippen LogP contribution in [0.4, 0.5) is 10.5 Å². The van der Waals surface area contributed by atoms with Gasteiger partial charge in [-0.1, -0.05) is 68.4 Å². The zero-order valence-corrected chi connectivity index (χ0v) is 24.3. The second kappa shape index (κ2) is 13.5. The fourth-order valence-corrected chi connectivity index (χ4v) is 4.58. The van der Waals surface area contributed by atoms with E-state index < -0.39 is 29.7 Å². The Bertz CT molecular complexity index is 1290. The summed E-state index contributed by atoms with van der Waals surface area (Å²) in [6.07, 6.45) is 0.758. The van der Waals surface area contributed by atoms with Gasteiger partial charge in [-0.25, -0.2) is 4.79 Å². The topological polar surface area (TPSA) is 87.7 Å². The van der Waals surface area contributed by atoms with Gasteiger partial charge < -0.3 is 20.3 Å². The Labute approximate surface area is 236 Å². The van der Waals surface area contributed by atoms with E-state index in [0.29, 0.717) is 24.2 Å². The molecule has 3 aromatic rings. The number of amides is 3. The minimum absolute atomic E-state index is 0.0477. The molecule has 208 valence electrons. The van der Waals surface area contributed by atoms with Gasteiger partial charge in [-0.3, -0.25) is 9.59 Å². The monoisotopic (exact) mass is 549 g/mol. The summed E-state index contributed by atoms with van der Waals surface area (Å²) in [5.74, 6) is -0.700. The normalized spacial score (nSPS) is 12.9. The number of aryl methyl sites for hydroxylation is 1. The van der Waals surface area contributed by atoms with Crippen molar-refractivity contribution < 1.29 is 19.1 Å². The summed E-state index contributed by atoms with van der Waals surface area (Å²) < 4.78 is 5.36. The fraction of sp³-hybridized carbons (Fsp3) is 0.387. The van der Waals surface area contributed by atoms with Gasteiger partial charge in [0.05, 0.1) is 0 Å². The number of anilines is 1. The molecule has 0 bridgehead atoms. The lowest BCUT2D eigenvalue weighted by Gasteiger charge is -2.34. The van der Waals surface area contributed by atoms with Crippen molar-refractivity contribution in [2.75, 3.05) is 17.6 Å². The van der Waals surface area contributed by atoms with Crippen LogP contribution in [0, 0.1) is 0 Å². The number of rotatable bonds is 10. The summed E-state index contributed by atoms with van der Waals surface area (Å²) >= 11 is 4.33. The van der Waals surface area contributed by atoms with Gasteiger partial charge in [0, 0.05) is 18.0 Å². The molecule has 8 heteroatoms. The van der Waals surface area contributed by atoms with E-state index in [4.69, 9.17) is 4.74 Å². The average molecular weight is 550 g/mol. The lowest BCUT2D eigenvalue weighted by Crippen LogP contribution is -2.53. The number of carbonyl (C=O) groups excluding carboxylic acids is 3. The molecule has 7 nitrogen and oxygen atoms in total. The van der Waals surface area contributed by atoms with Crippen LogP contribution in [0.5, 0.6) is 0 Å². The van der Waals surface area contributed by atoms with Crippen molar-refractivity contribution in [2.45, 2.75) is 65.1 Å². The van der Waals surface area contributed by atoms with Gasteiger partial charge in [-0.15, -0.1) is 0 Å². The van der Waals surface area contributed by atoms with Crippen LogP contribution in [0.3, 0.4) is 0 Å². The van der Waals surface area contributed by atoms with Gasteiger partial charge in [0.15, 0.2) is 0 Å². The number of alkyl carbamates (subject to hydrolysis) is 1. The van der Waals surface area contributed by atoms with Crippen molar-refractivity contribution in [3.63, 3.8) is 0 Å². The molecule has 2 unspecified atom stereocenters. The molecule has 0 aliphatic carbocycles. The zero-order chi connectivity index (χ0) is 28.6. The smallest absolute Gasteiger partial charge is 0.408 e. The molecule has 2 N–H and O–H groups in total. The Balaban J connectivity index is 1.96. The lowest BCUT2D eigenvalue weighted by molar-refractivity contribution is -0.140. The van der Waals surface area contributed by atoms with E-state index >= 15 is 0 Å². The Morgan fingerprint density at radius 2 is 1.62 bits per heavy atom. The molecule has 2 atom stereocenters. The molecule has 0 saturated carbocycles. The van der Waals surface area contributed by atoms with Gasteiger partial charge in [0.1, 0.15) is 17.7 Å². The summed E-state index contributed by atoms with van der Waals surface area (Å²) in [5, 5.41) is 7.72. The molecule has 0 radical (unpaired) electrons.